The predicted molar refractivity (Wildman–Crippen MR) is 105 cm³/mol. The molecule has 4 aromatic rings. The number of hydrogen-bond donors (Lipinski definition) is 2. The van der Waals surface area contributed by atoms with E-state index in [1.165, 1.54) is 6.20 Å². The minimum Gasteiger partial charge on any atom is -0.464 e. The van der Waals surface area contributed by atoms with Gasteiger partial charge in [-0.2, -0.15) is 10.1 Å². The van der Waals surface area contributed by atoms with Gasteiger partial charge in [0, 0.05) is 48.4 Å². The zero-order valence-corrected chi connectivity index (χ0v) is 16.0. The number of rotatable bonds is 5. The molecule has 4 heterocycles. The average Bonchev–Trinajstić information content (AvgIpc) is 3.30. The molecule has 1 fully saturated rings. The third-order valence-corrected chi connectivity index (χ3v) is 5.19. The Morgan fingerprint density at radius 1 is 1.40 bits per heavy atom. The number of halogens is 2. The van der Waals surface area contributed by atoms with E-state index in [1.54, 1.807) is 16.9 Å². The number of H-pyrrole nitrogens is 1. The molecule has 0 aromatic carbocycles. The van der Waals surface area contributed by atoms with Gasteiger partial charge in [-0.3, -0.25) is 4.79 Å². The van der Waals surface area contributed by atoms with Crippen LogP contribution in [0.4, 0.5) is 8.78 Å². The van der Waals surface area contributed by atoms with E-state index in [0.717, 1.165) is 16.5 Å². The van der Waals surface area contributed by atoms with Gasteiger partial charge in [-0.15, -0.1) is 0 Å². The molecule has 10 heteroatoms. The summed E-state index contributed by atoms with van der Waals surface area (Å²) >= 11 is 0. The molecule has 4 aromatic heterocycles. The third-order valence-electron chi connectivity index (χ3n) is 5.19. The number of nitrogens with one attached hydrogen (secondary N) is 2. The molecule has 0 spiro atoms. The Morgan fingerprint density at radius 2 is 2.23 bits per heavy atom. The topological polar surface area (TPSA) is 97.2 Å². The zero-order valence-electron chi connectivity index (χ0n) is 16.0. The van der Waals surface area contributed by atoms with E-state index < -0.39 is 17.9 Å². The molecule has 1 aliphatic carbocycles. The molecule has 0 saturated heterocycles. The second kappa shape index (κ2) is 6.75. The molecule has 1 amide bonds. The summed E-state index contributed by atoms with van der Waals surface area (Å²) in [5.41, 5.74) is 3.26. The first-order valence-electron chi connectivity index (χ1n) is 9.57. The standard InChI is InChI=1S/C20H18F2N6O2/c1-2-30-19-24-9-14-13(8-23-17(14)27-19)11-3-4-28-16(5-11)15(10-25-28)18(29)26-12-6-20(21,22)7-12/h3-5,8-10,12H,2,6-7H2,1H3,(H,26,29)(H,23,24,27). The number of nitrogens with zero attached hydrogens (tertiary/aromatic N) is 4. The predicted octanol–water partition coefficient (Wildman–Crippen LogP) is 3.20. The zero-order chi connectivity index (χ0) is 20.9. The molecule has 1 saturated carbocycles. The molecule has 30 heavy (non-hydrogen) atoms. The lowest BCUT2D eigenvalue weighted by Gasteiger charge is -2.35. The first-order valence-corrected chi connectivity index (χ1v) is 9.57. The highest BCUT2D eigenvalue weighted by atomic mass is 19.3. The number of carbonyl (C=O) groups excluding carboxylic acids is 1. The Morgan fingerprint density at radius 3 is 3.00 bits per heavy atom. The van der Waals surface area contributed by atoms with Crippen LogP contribution >= 0.6 is 0 Å². The summed E-state index contributed by atoms with van der Waals surface area (Å²) in [6.07, 6.45) is 6.02. The fraction of sp³-hybridized carbons (Fsp3) is 0.300. The molecule has 154 valence electrons. The molecule has 0 bridgehead atoms. The number of amides is 1. The highest BCUT2D eigenvalue weighted by molar-refractivity contribution is 6.02. The molecular weight excluding hydrogens is 394 g/mol. The second-order valence-corrected chi connectivity index (χ2v) is 7.29. The number of aromatic nitrogens is 5. The molecule has 1 aliphatic rings. The Balaban J connectivity index is 1.47. The van der Waals surface area contributed by atoms with Gasteiger partial charge < -0.3 is 15.0 Å². The van der Waals surface area contributed by atoms with Crippen molar-refractivity contribution in [2.24, 2.45) is 0 Å². The minimum atomic E-state index is -2.69. The van der Waals surface area contributed by atoms with E-state index in [4.69, 9.17) is 4.74 Å². The van der Waals surface area contributed by atoms with Crippen molar-refractivity contribution < 1.29 is 18.3 Å². The lowest BCUT2D eigenvalue weighted by atomic mass is 9.88. The van der Waals surface area contributed by atoms with Gasteiger partial charge in [0.25, 0.3) is 11.8 Å². The van der Waals surface area contributed by atoms with Gasteiger partial charge in [-0.05, 0) is 24.6 Å². The first-order chi connectivity index (χ1) is 14.4. The van der Waals surface area contributed by atoms with E-state index in [0.29, 0.717) is 29.3 Å². The molecular formula is C20H18F2N6O2. The molecule has 5 rings (SSSR count). The molecule has 0 atom stereocenters. The van der Waals surface area contributed by atoms with Crippen molar-refractivity contribution in [1.29, 1.82) is 0 Å². The largest absolute Gasteiger partial charge is 0.464 e. The van der Waals surface area contributed by atoms with Crippen LogP contribution in [0.25, 0.3) is 27.7 Å². The minimum absolute atomic E-state index is 0.296. The Kier molecular flexibility index (Phi) is 4.16. The van der Waals surface area contributed by atoms with E-state index in [2.05, 4.69) is 25.4 Å². The van der Waals surface area contributed by atoms with Crippen LogP contribution < -0.4 is 10.1 Å². The van der Waals surface area contributed by atoms with Gasteiger partial charge in [0.1, 0.15) is 5.65 Å². The second-order valence-electron chi connectivity index (χ2n) is 7.29. The Labute approximate surface area is 169 Å². The summed E-state index contributed by atoms with van der Waals surface area (Å²) in [7, 11) is 0. The molecule has 0 unspecified atom stereocenters. The highest BCUT2D eigenvalue weighted by Crippen LogP contribution is 2.37. The van der Waals surface area contributed by atoms with Crippen LogP contribution in [0.5, 0.6) is 6.01 Å². The third kappa shape index (κ3) is 3.14. The summed E-state index contributed by atoms with van der Waals surface area (Å²) in [6.45, 7) is 2.33. The summed E-state index contributed by atoms with van der Waals surface area (Å²) in [5, 5.41) is 7.66. The number of alkyl halides is 2. The maximum atomic E-state index is 13.1. The van der Waals surface area contributed by atoms with Crippen LogP contribution in [0.2, 0.25) is 0 Å². The quantitative estimate of drug-likeness (QED) is 0.525. The van der Waals surface area contributed by atoms with Crippen molar-refractivity contribution in [1.82, 2.24) is 29.9 Å². The van der Waals surface area contributed by atoms with E-state index in [-0.39, 0.29) is 12.8 Å². The van der Waals surface area contributed by atoms with Gasteiger partial charge in [-0.1, -0.05) is 0 Å². The Hall–Kier alpha value is -3.56. The summed E-state index contributed by atoms with van der Waals surface area (Å²) in [6, 6.07) is 3.48. The lowest BCUT2D eigenvalue weighted by molar-refractivity contribution is -0.0901. The SMILES string of the molecule is CCOc1ncc2c(-c3ccn4ncc(C(=O)NC5CC(F)(F)C5)c4c3)c[nH]c2n1. The van der Waals surface area contributed by atoms with Crippen molar-refractivity contribution in [2.75, 3.05) is 6.61 Å². The van der Waals surface area contributed by atoms with Gasteiger partial charge >= 0.3 is 6.01 Å². The molecule has 0 radical (unpaired) electrons. The highest BCUT2D eigenvalue weighted by Gasteiger charge is 2.46. The van der Waals surface area contributed by atoms with Crippen LogP contribution in [-0.4, -0.2) is 49.0 Å². The molecule has 2 N–H and O–H groups in total. The van der Waals surface area contributed by atoms with Crippen LogP contribution in [0, 0.1) is 0 Å². The van der Waals surface area contributed by atoms with E-state index >= 15 is 0 Å². The van der Waals surface area contributed by atoms with Crippen LogP contribution in [-0.2, 0) is 0 Å². The van der Waals surface area contributed by atoms with Crippen molar-refractivity contribution >= 4 is 22.5 Å². The van der Waals surface area contributed by atoms with Crippen LogP contribution in [0.15, 0.2) is 36.9 Å². The normalized spacial score (nSPS) is 16.0. The fourth-order valence-electron chi connectivity index (χ4n) is 3.68. The van der Waals surface area contributed by atoms with E-state index in [1.807, 2.05) is 25.3 Å². The van der Waals surface area contributed by atoms with E-state index in [9.17, 15) is 13.6 Å². The van der Waals surface area contributed by atoms with Gasteiger partial charge in [-0.25, -0.2) is 18.3 Å². The number of pyridine rings is 1. The van der Waals surface area contributed by atoms with Gasteiger partial charge in [0.2, 0.25) is 0 Å². The Bertz CT molecular complexity index is 1260. The number of ether oxygens (including phenoxy) is 1. The number of hydrogen-bond acceptors (Lipinski definition) is 5. The van der Waals surface area contributed by atoms with Crippen molar-refractivity contribution in [2.45, 2.75) is 31.7 Å². The molecule has 8 nitrogen and oxygen atoms in total. The number of carbonyl (C=O) groups is 1. The maximum Gasteiger partial charge on any atom is 0.318 e. The van der Waals surface area contributed by atoms with Gasteiger partial charge in [0.15, 0.2) is 0 Å². The van der Waals surface area contributed by atoms with Crippen LogP contribution in [0.1, 0.15) is 30.1 Å². The molecule has 0 aliphatic heterocycles. The summed E-state index contributed by atoms with van der Waals surface area (Å²) < 4.78 is 33.0. The summed E-state index contributed by atoms with van der Waals surface area (Å²) in [5.74, 6) is -3.10. The first kappa shape index (κ1) is 18.5. The lowest BCUT2D eigenvalue weighted by Crippen LogP contribution is -2.50. The van der Waals surface area contributed by atoms with Crippen molar-refractivity contribution in [3.63, 3.8) is 0 Å². The van der Waals surface area contributed by atoms with Crippen LogP contribution in [0.3, 0.4) is 0 Å². The smallest absolute Gasteiger partial charge is 0.318 e. The number of aromatic amines is 1. The summed E-state index contributed by atoms with van der Waals surface area (Å²) in [4.78, 5) is 24.3. The van der Waals surface area contributed by atoms with Crippen molar-refractivity contribution in [3.8, 4) is 17.1 Å². The number of fused-ring (bicyclic) bond motifs is 2. The fourth-order valence-corrected chi connectivity index (χ4v) is 3.68. The van der Waals surface area contributed by atoms with Gasteiger partial charge in [0.05, 0.1) is 23.9 Å². The average molecular weight is 412 g/mol. The van der Waals surface area contributed by atoms with Crippen molar-refractivity contribution in [3.05, 3.63) is 42.5 Å². The monoisotopic (exact) mass is 412 g/mol. The maximum absolute atomic E-state index is 13.1.